The maximum atomic E-state index is 12.7. The Morgan fingerprint density at radius 2 is 1.83 bits per heavy atom. The lowest BCUT2D eigenvalue weighted by atomic mass is 9.99. The zero-order chi connectivity index (χ0) is 20.4. The van der Waals surface area contributed by atoms with Gasteiger partial charge in [0.25, 0.3) is 11.8 Å². The molecule has 0 bridgehead atoms. The van der Waals surface area contributed by atoms with Crippen molar-refractivity contribution in [3.05, 3.63) is 53.6 Å². The Balaban J connectivity index is 1.69. The van der Waals surface area contributed by atoms with Crippen LogP contribution >= 0.6 is 0 Å². The number of carbonyl (C=O) groups excluding carboxylic acids is 2. The summed E-state index contributed by atoms with van der Waals surface area (Å²) in [6, 6.07) is 13.9. The van der Waals surface area contributed by atoms with E-state index >= 15 is 0 Å². The molecule has 152 valence electrons. The van der Waals surface area contributed by atoms with Gasteiger partial charge in [-0.2, -0.15) is 0 Å². The second-order valence-corrected chi connectivity index (χ2v) is 7.84. The van der Waals surface area contributed by atoms with Crippen LogP contribution in [0, 0.1) is 5.92 Å². The van der Waals surface area contributed by atoms with Gasteiger partial charge in [-0.05, 0) is 61.9 Å². The standard InChI is InChI=1S/C24H28N2O3/c1-3-25(4-2)24(28)20-7-5-6-18(12-20)19-10-11-21-15-29-16-23(27)26(22(21)13-19)14-17-8-9-17/h5-7,10-13,17H,3-4,8-9,14-16H2,1-2H3. The van der Waals surface area contributed by atoms with Crippen LogP contribution in [0.2, 0.25) is 0 Å². The molecule has 5 heteroatoms. The van der Waals surface area contributed by atoms with Gasteiger partial charge in [-0.25, -0.2) is 0 Å². The van der Waals surface area contributed by atoms with E-state index in [2.05, 4.69) is 6.07 Å². The fraction of sp³-hybridized carbons (Fsp3) is 0.417. The zero-order valence-corrected chi connectivity index (χ0v) is 17.2. The average molecular weight is 392 g/mol. The van der Waals surface area contributed by atoms with Crippen molar-refractivity contribution in [2.45, 2.75) is 33.3 Å². The highest BCUT2D eigenvalue weighted by atomic mass is 16.5. The topological polar surface area (TPSA) is 49.9 Å². The van der Waals surface area contributed by atoms with Gasteiger partial charge in [0, 0.05) is 36.4 Å². The first-order valence-electron chi connectivity index (χ1n) is 10.5. The first kappa shape index (κ1) is 19.6. The Hall–Kier alpha value is -2.66. The molecule has 4 rings (SSSR count). The summed E-state index contributed by atoms with van der Waals surface area (Å²) in [5, 5.41) is 0. The van der Waals surface area contributed by atoms with Crippen LogP contribution in [0.3, 0.4) is 0 Å². The molecule has 2 aromatic rings. The molecule has 1 fully saturated rings. The second kappa shape index (κ2) is 8.37. The molecule has 2 aromatic carbocycles. The molecule has 0 aromatic heterocycles. The van der Waals surface area contributed by atoms with Crippen molar-refractivity contribution < 1.29 is 14.3 Å². The number of hydrogen-bond donors (Lipinski definition) is 0. The van der Waals surface area contributed by atoms with Gasteiger partial charge in [0.2, 0.25) is 0 Å². The zero-order valence-electron chi connectivity index (χ0n) is 17.2. The highest BCUT2D eigenvalue weighted by molar-refractivity contribution is 5.97. The van der Waals surface area contributed by atoms with Gasteiger partial charge in [-0.15, -0.1) is 0 Å². The molecule has 5 nitrogen and oxygen atoms in total. The SMILES string of the molecule is CCN(CC)C(=O)c1cccc(-c2ccc3c(c2)N(CC2CC2)C(=O)COC3)c1. The summed E-state index contributed by atoms with van der Waals surface area (Å²) in [4.78, 5) is 29.1. The molecular formula is C24H28N2O3. The maximum Gasteiger partial charge on any atom is 0.253 e. The Bertz CT molecular complexity index is 916. The van der Waals surface area contributed by atoms with Gasteiger partial charge in [0.05, 0.1) is 6.61 Å². The van der Waals surface area contributed by atoms with Gasteiger partial charge in [-0.3, -0.25) is 9.59 Å². The van der Waals surface area contributed by atoms with Gasteiger partial charge in [0.1, 0.15) is 6.61 Å². The second-order valence-electron chi connectivity index (χ2n) is 7.84. The lowest BCUT2D eigenvalue weighted by Crippen LogP contribution is -2.34. The molecular weight excluding hydrogens is 364 g/mol. The third-order valence-electron chi connectivity index (χ3n) is 5.79. The number of anilines is 1. The number of amides is 2. The Morgan fingerprint density at radius 3 is 2.55 bits per heavy atom. The van der Waals surface area contributed by atoms with Crippen LogP contribution in [0.5, 0.6) is 0 Å². The minimum absolute atomic E-state index is 0.0262. The van der Waals surface area contributed by atoms with Crippen LogP contribution in [-0.2, 0) is 16.1 Å². The molecule has 2 amide bonds. The third-order valence-corrected chi connectivity index (χ3v) is 5.79. The molecule has 1 aliphatic heterocycles. The number of carbonyl (C=O) groups is 2. The fourth-order valence-electron chi connectivity index (χ4n) is 3.86. The van der Waals surface area contributed by atoms with E-state index in [1.807, 2.05) is 60.0 Å². The van der Waals surface area contributed by atoms with E-state index < -0.39 is 0 Å². The van der Waals surface area contributed by atoms with Crippen molar-refractivity contribution in [1.29, 1.82) is 0 Å². The molecule has 0 radical (unpaired) electrons. The third kappa shape index (κ3) is 4.20. The van der Waals surface area contributed by atoms with Crippen molar-refractivity contribution in [3.8, 4) is 11.1 Å². The number of rotatable bonds is 6. The normalized spacial score (nSPS) is 16.3. The summed E-state index contributed by atoms with van der Waals surface area (Å²) in [6.07, 6.45) is 2.38. The quantitative estimate of drug-likeness (QED) is 0.743. The van der Waals surface area contributed by atoms with E-state index in [1.54, 1.807) is 0 Å². The summed E-state index contributed by atoms with van der Waals surface area (Å²) in [6.45, 7) is 6.70. The Kier molecular flexibility index (Phi) is 5.67. The first-order valence-corrected chi connectivity index (χ1v) is 10.5. The van der Waals surface area contributed by atoms with E-state index in [0.717, 1.165) is 28.9 Å². The largest absolute Gasteiger partial charge is 0.367 e. The molecule has 1 saturated carbocycles. The molecule has 0 saturated heterocycles. The van der Waals surface area contributed by atoms with Crippen molar-refractivity contribution in [1.82, 2.24) is 4.90 Å². The molecule has 29 heavy (non-hydrogen) atoms. The van der Waals surface area contributed by atoms with Crippen molar-refractivity contribution in [3.63, 3.8) is 0 Å². The predicted molar refractivity (Wildman–Crippen MR) is 114 cm³/mol. The maximum absolute atomic E-state index is 12.7. The van der Waals surface area contributed by atoms with Crippen molar-refractivity contribution >= 4 is 17.5 Å². The van der Waals surface area contributed by atoms with Crippen LogP contribution in [0.1, 0.15) is 42.6 Å². The van der Waals surface area contributed by atoms with E-state index in [-0.39, 0.29) is 18.4 Å². The van der Waals surface area contributed by atoms with E-state index in [0.29, 0.717) is 31.2 Å². The summed E-state index contributed by atoms with van der Waals surface area (Å²) in [5.74, 6) is 0.674. The highest BCUT2D eigenvalue weighted by Gasteiger charge is 2.30. The van der Waals surface area contributed by atoms with E-state index in [9.17, 15) is 9.59 Å². The minimum Gasteiger partial charge on any atom is -0.367 e. The number of fused-ring (bicyclic) bond motifs is 1. The molecule has 1 heterocycles. The monoisotopic (exact) mass is 392 g/mol. The van der Waals surface area contributed by atoms with Crippen LogP contribution in [0.4, 0.5) is 5.69 Å². The summed E-state index contributed by atoms with van der Waals surface area (Å²) < 4.78 is 5.57. The predicted octanol–water partition coefficient (Wildman–Crippen LogP) is 4.11. The number of ether oxygens (including phenoxy) is 1. The average Bonchev–Trinajstić information content (AvgIpc) is 3.58. The molecule has 0 N–H and O–H groups in total. The Morgan fingerprint density at radius 1 is 1.07 bits per heavy atom. The first-order chi connectivity index (χ1) is 14.1. The van der Waals surface area contributed by atoms with E-state index in [4.69, 9.17) is 4.74 Å². The van der Waals surface area contributed by atoms with Crippen molar-refractivity contribution in [2.75, 3.05) is 31.1 Å². The molecule has 0 spiro atoms. The number of hydrogen-bond acceptors (Lipinski definition) is 3. The summed E-state index contributed by atoms with van der Waals surface area (Å²) >= 11 is 0. The molecule has 2 aliphatic rings. The lowest BCUT2D eigenvalue weighted by molar-refractivity contribution is -0.123. The highest BCUT2D eigenvalue weighted by Crippen LogP contribution is 2.36. The number of nitrogens with zero attached hydrogens (tertiary/aromatic N) is 2. The number of benzene rings is 2. The summed E-state index contributed by atoms with van der Waals surface area (Å²) in [7, 11) is 0. The summed E-state index contributed by atoms with van der Waals surface area (Å²) in [5.41, 5.74) is 4.66. The van der Waals surface area contributed by atoms with Crippen molar-refractivity contribution in [2.24, 2.45) is 5.92 Å². The van der Waals surface area contributed by atoms with E-state index in [1.165, 1.54) is 12.8 Å². The smallest absolute Gasteiger partial charge is 0.253 e. The fourth-order valence-corrected chi connectivity index (χ4v) is 3.86. The van der Waals surface area contributed by atoms with Crippen LogP contribution in [-0.4, -0.2) is 43.0 Å². The van der Waals surface area contributed by atoms with Gasteiger partial charge >= 0.3 is 0 Å². The molecule has 0 unspecified atom stereocenters. The van der Waals surface area contributed by atoms with Crippen LogP contribution in [0.15, 0.2) is 42.5 Å². The van der Waals surface area contributed by atoms with Gasteiger partial charge in [0.15, 0.2) is 0 Å². The molecule has 1 aliphatic carbocycles. The lowest BCUT2D eigenvalue weighted by Gasteiger charge is -2.23. The van der Waals surface area contributed by atoms with Gasteiger partial charge in [-0.1, -0.05) is 24.3 Å². The minimum atomic E-state index is 0.0262. The molecule has 0 atom stereocenters. The van der Waals surface area contributed by atoms with Gasteiger partial charge < -0.3 is 14.5 Å². The Labute approximate surface area is 172 Å². The van der Waals surface area contributed by atoms with Crippen LogP contribution in [0.25, 0.3) is 11.1 Å². The van der Waals surface area contributed by atoms with Crippen LogP contribution < -0.4 is 4.90 Å².